The quantitative estimate of drug-likeness (QED) is 0.212. The number of nitrogens with one attached hydrogen (secondary N) is 1. The van der Waals surface area contributed by atoms with E-state index in [9.17, 15) is 0 Å². The van der Waals surface area contributed by atoms with Gasteiger partial charge in [0.05, 0.1) is 23.8 Å². The number of benzene rings is 5. The van der Waals surface area contributed by atoms with E-state index in [4.69, 9.17) is 0 Å². The van der Waals surface area contributed by atoms with E-state index in [1.165, 1.54) is 78.3 Å². The zero-order valence-electron chi connectivity index (χ0n) is 27.1. The van der Waals surface area contributed by atoms with Gasteiger partial charge >= 0.3 is 0 Å². The van der Waals surface area contributed by atoms with Crippen LogP contribution < -0.4 is 10.2 Å². The van der Waals surface area contributed by atoms with Crippen molar-refractivity contribution in [3.05, 3.63) is 185 Å². The summed E-state index contributed by atoms with van der Waals surface area (Å²) in [7, 11) is 0. The Hall–Kier alpha value is -5.80. The van der Waals surface area contributed by atoms with E-state index in [2.05, 4.69) is 179 Å². The van der Waals surface area contributed by atoms with Gasteiger partial charge in [-0.2, -0.15) is 0 Å². The second-order valence-corrected chi connectivity index (χ2v) is 13.0. The van der Waals surface area contributed by atoms with Crippen LogP contribution in [0.5, 0.6) is 0 Å². The molecular formula is C45H37N3. The van der Waals surface area contributed by atoms with Crippen molar-refractivity contribution < 1.29 is 0 Å². The number of aromatic nitrogens is 1. The Balaban J connectivity index is 1.23. The van der Waals surface area contributed by atoms with Gasteiger partial charge in [0.15, 0.2) is 0 Å². The summed E-state index contributed by atoms with van der Waals surface area (Å²) < 4.78 is 2.49. The molecule has 3 heterocycles. The normalized spacial score (nSPS) is 18.1. The SMILES string of the molecule is C/C1=C\c2c(n(-c3cccc(C4=CC(c5ccccc5)=C5C=CCCC5N4)c3)c3ccccc23)CN(c2ccccc2)c2ccccc21. The molecule has 3 heteroatoms. The van der Waals surface area contributed by atoms with E-state index >= 15 is 0 Å². The Morgan fingerprint density at radius 2 is 1.42 bits per heavy atom. The number of rotatable bonds is 4. The average Bonchev–Trinajstić information content (AvgIpc) is 3.45. The van der Waals surface area contributed by atoms with Crippen molar-refractivity contribution in [1.82, 2.24) is 9.88 Å². The molecule has 48 heavy (non-hydrogen) atoms. The van der Waals surface area contributed by atoms with Crippen LogP contribution in [0.4, 0.5) is 11.4 Å². The molecule has 1 N–H and O–H groups in total. The average molecular weight is 620 g/mol. The van der Waals surface area contributed by atoms with Gasteiger partial charge in [0.1, 0.15) is 0 Å². The third-order valence-electron chi connectivity index (χ3n) is 10.1. The molecule has 1 aliphatic carbocycles. The van der Waals surface area contributed by atoms with E-state index in [-0.39, 0.29) is 0 Å². The lowest BCUT2D eigenvalue weighted by molar-refractivity contribution is 0.619. The summed E-state index contributed by atoms with van der Waals surface area (Å²) >= 11 is 0. The number of allylic oxidation sites excluding steroid dienone is 4. The number of nitrogens with zero attached hydrogens (tertiary/aromatic N) is 2. The van der Waals surface area contributed by atoms with Crippen LogP contribution in [-0.2, 0) is 6.54 Å². The standard InChI is InChI=1S/C45H37N3/c1-31-27-40-38-23-10-13-26-44(38)48(45(40)30-47(34-18-6-3-7-19-34)43-25-12-9-21-36(31)43)35-20-14-17-33(28-35)42-29-39(32-15-4-2-5-16-32)37-22-8-11-24-41(37)46-42/h2-10,12-23,25-29,41,46H,11,24,30H2,1H3/b31-27+. The monoisotopic (exact) mass is 619 g/mol. The Morgan fingerprint density at radius 1 is 0.688 bits per heavy atom. The second kappa shape index (κ2) is 11.8. The fourth-order valence-corrected chi connectivity index (χ4v) is 7.82. The van der Waals surface area contributed by atoms with Crippen LogP contribution in [0.25, 0.3) is 39.5 Å². The third kappa shape index (κ3) is 4.82. The molecule has 232 valence electrons. The Kier molecular flexibility index (Phi) is 6.97. The second-order valence-electron chi connectivity index (χ2n) is 13.0. The van der Waals surface area contributed by atoms with E-state index in [1.54, 1.807) is 0 Å². The number of anilines is 2. The molecule has 3 aliphatic rings. The number of hydrogen-bond donors (Lipinski definition) is 1. The van der Waals surface area contributed by atoms with Gasteiger partial charge in [-0.3, -0.25) is 0 Å². The molecule has 1 atom stereocenters. The highest BCUT2D eigenvalue weighted by Gasteiger charge is 2.27. The Labute approximate surface area is 282 Å². The molecular weight excluding hydrogens is 583 g/mol. The van der Waals surface area contributed by atoms with Crippen LogP contribution >= 0.6 is 0 Å². The smallest absolute Gasteiger partial charge is 0.0644 e. The molecule has 2 aliphatic heterocycles. The Bertz CT molecular complexity index is 2300. The highest BCUT2D eigenvalue weighted by atomic mass is 15.2. The van der Waals surface area contributed by atoms with Crippen molar-refractivity contribution in [3.63, 3.8) is 0 Å². The van der Waals surface area contributed by atoms with Gasteiger partial charge in [-0.1, -0.05) is 109 Å². The van der Waals surface area contributed by atoms with Crippen LogP contribution in [-0.4, -0.2) is 10.6 Å². The fraction of sp³-hybridized carbons (Fsp3) is 0.111. The summed E-state index contributed by atoms with van der Waals surface area (Å²) in [6.07, 6.45) is 11.6. The first-order valence-corrected chi connectivity index (χ1v) is 17.0. The fourth-order valence-electron chi connectivity index (χ4n) is 7.82. The first kappa shape index (κ1) is 28.4. The molecule has 1 aromatic heterocycles. The largest absolute Gasteiger partial charge is 0.378 e. The van der Waals surface area contributed by atoms with E-state index in [0.717, 1.165) is 19.4 Å². The van der Waals surface area contributed by atoms with Gasteiger partial charge < -0.3 is 14.8 Å². The molecule has 6 aromatic rings. The minimum absolute atomic E-state index is 0.300. The van der Waals surface area contributed by atoms with Crippen LogP contribution in [0.1, 0.15) is 47.7 Å². The van der Waals surface area contributed by atoms with Crippen molar-refractivity contribution in [3.8, 4) is 5.69 Å². The molecule has 0 spiro atoms. The van der Waals surface area contributed by atoms with Crippen molar-refractivity contribution in [1.29, 1.82) is 0 Å². The van der Waals surface area contributed by atoms with Crippen molar-refractivity contribution in [2.75, 3.05) is 4.90 Å². The number of fused-ring (bicyclic) bond motifs is 5. The third-order valence-corrected chi connectivity index (χ3v) is 10.1. The van der Waals surface area contributed by atoms with Crippen LogP contribution in [0.2, 0.25) is 0 Å². The minimum Gasteiger partial charge on any atom is -0.378 e. The molecule has 3 nitrogen and oxygen atoms in total. The maximum Gasteiger partial charge on any atom is 0.0644 e. The van der Waals surface area contributed by atoms with Crippen LogP contribution in [0, 0.1) is 0 Å². The number of dihydropyridines is 1. The van der Waals surface area contributed by atoms with Gasteiger partial charge in [-0.25, -0.2) is 0 Å². The summed E-state index contributed by atoms with van der Waals surface area (Å²) in [5, 5.41) is 5.20. The summed E-state index contributed by atoms with van der Waals surface area (Å²) in [6.45, 7) is 2.98. The molecule has 0 saturated heterocycles. The lowest BCUT2D eigenvalue weighted by atomic mass is 9.85. The summed E-state index contributed by atoms with van der Waals surface area (Å²) in [5.41, 5.74) is 16.2. The van der Waals surface area contributed by atoms with Crippen molar-refractivity contribution in [2.45, 2.75) is 32.4 Å². The van der Waals surface area contributed by atoms with Gasteiger partial charge in [0.25, 0.3) is 0 Å². The van der Waals surface area contributed by atoms with Crippen molar-refractivity contribution >= 4 is 45.2 Å². The van der Waals surface area contributed by atoms with Gasteiger partial charge in [-0.15, -0.1) is 0 Å². The highest BCUT2D eigenvalue weighted by Crippen LogP contribution is 2.42. The molecule has 1 unspecified atom stereocenters. The maximum atomic E-state index is 3.93. The highest BCUT2D eigenvalue weighted by molar-refractivity contribution is 6.00. The Morgan fingerprint density at radius 3 is 2.29 bits per heavy atom. The van der Waals surface area contributed by atoms with E-state index in [1.807, 2.05) is 0 Å². The van der Waals surface area contributed by atoms with E-state index < -0.39 is 0 Å². The zero-order chi connectivity index (χ0) is 32.0. The molecule has 5 aromatic carbocycles. The predicted octanol–water partition coefficient (Wildman–Crippen LogP) is 11.0. The van der Waals surface area contributed by atoms with Gasteiger partial charge in [0, 0.05) is 39.3 Å². The first-order chi connectivity index (χ1) is 23.7. The van der Waals surface area contributed by atoms with E-state index in [0.29, 0.717) is 6.04 Å². The maximum absolute atomic E-state index is 3.93. The predicted molar refractivity (Wildman–Crippen MR) is 202 cm³/mol. The summed E-state index contributed by atoms with van der Waals surface area (Å²) in [4.78, 5) is 2.48. The first-order valence-electron chi connectivity index (χ1n) is 17.0. The minimum atomic E-state index is 0.300. The molecule has 0 radical (unpaired) electrons. The van der Waals surface area contributed by atoms with Crippen LogP contribution in [0.3, 0.4) is 0 Å². The lowest BCUT2D eigenvalue weighted by Gasteiger charge is -2.32. The molecule has 0 bridgehead atoms. The number of hydrogen-bond acceptors (Lipinski definition) is 2. The topological polar surface area (TPSA) is 20.2 Å². The lowest BCUT2D eigenvalue weighted by Crippen LogP contribution is -2.33. The van der Waals surface area contributed by atoms with Crippen molar-refractivity contribution in [2.24, 2.45) is 0 Å². The molecule has 0 amide bonds. The van der Waals surface area contributed by atoms with Gasteiger partial charge in [0.2, 0.25) is 0 Å². The molecule has 9 rings (SSSR count). The number of para-hydroxylation sites is 3. The molecule has 0 fully saturated rings. The molecule has 0 saturated carbocycles. The summed E-state index contributed by atoms with van der Waals surface area (Å²) in [6, 6.07) is 48.7. The van der Waals surface area contributed by atoms with Gasteiger partial charge in [-0.05, 0) is 96.2 Å². The zero-order valence-corrected chi connectivity index (χ0v) is 27.1. The van der Waals surface area contributed by atoms with Crippen LogP contribution in [0.15, 0.2) is 157 Å². The summed E-state index contributed by atoms with van der Waals surface area (Å²) in [5.74, 6) is 0.